The minimum atomic E-state index is -1.66. The summed E-state index contributed by atoms with van der Waals surface area (Å²) < 4.78 is 0. The minimum Gasteiger partial charge on any atom is -0.391 e. The number of amides is 1. The Hall–Kier alpha value is -2.30. The number of allylic oxidation sites excluding steroid dienone is 3. The van der Waals surface area contributed by atoms with E-state index in [2.05, 4.69) is 39.1 Å². The highest BCUT2D eigenvalue weighted by Crippen LogP contribution is 2.75. The van der Waals surface area contributed by atoms with Crippen molar-refractivity contribution in [3.63, 3.8) is 0 Å². The van der Waals surface area contributed by atoms with Gasteiger partial charge in [-0.3, -0.25) is 14.4 Å². The molecule has 9 atom stereocenters. The molecule has 0 aliphatic heterocycles. The molecule has 0 aromatic rings. The predicted molar refractivity (Wildman–Crippen MR) is 160 cm³/mol. The van der Waals surface area contributed by atoms with E-state index in [0.29, 0.717) is 25.7 Å². The number of aliphatic hydroxyl groups excluding tert-OH is 1. The van der Waals surface area contributed by atoms with Crippen LogP contribution in [0.25, 0.3) is 0 Å². The van der Waals surface area contributed by atoms with E-state index < -0.39 is 44.7 Å². The molecule has 3 N–H and O–H groups in total. The molecule has 1 amide bonds. The van der Waals surface area contributed by atoms with Crippen LogP contribution in [0.4, 0.5) is 0 Å². The molecule has 9 unspecified atom stereocenters. The van der Waals surface area contributed by atoms with Gasteiger partial charge in [0.2, 0.25) is 5.91 Å². The summed E-state index contributed by atoms with van der Waals surface area (Å²) in [6.45, 7) is 16.4. The van der Waals surface area contributed by atoms with Gasteiger partial charge in [0.15, 0.2) is 11.6 Å². The van der Waals surface area contributed by atoms with E-state index in [0.717, 1.165) is 31.3 Å². The molecule has 0 radical (unpaired) electrons. The second-order valence-corrected chi connectivity index (χ2v) is 16.2. The van der Waals surface area contributed by atoms with Gasteiger partial charge in [0.25, 0.3) is 0 Å². The van der Waals surface area contributed by atoms with E-state index >= 15 is 0 Å². The maximum Gasteiger partial charge on any atom is 0.226 e. The van der Waals surface area contributed by atoms with Crippen molar-refractivity contribution < 1.29 is 24.6 Å². The number of hydrogen-bond donors (Lipinski definition) is 3. The molecule has 42 heavy (non-hydrogen) atoms. The number of nitriles is 1. The van der Waals surface area contributed by atoms with Crippen molar-refractivity contribution >= 4 is 17.5 Å². The lowest BCUT2D eigenvalue weighted by Gasteiger charge is -2.71. The number of nitrogens with one attached hydrogen (secondary N) is 1. The van der Waals surface area contributed by atoms with E-state index in [9.17, 15) is 29.9 Å². The van der Waals surface area contributed by atoms with Gasteiger partial charge in [0.05, 0.1) is 11.7 Å². The monoisotopic (exact) mass is 578 g/mol. The van der Waals surface area contributed by atoms with Crippen LogP contribution in [-0.2, 0) is 14.4 Å². The molecule has 3 fully saturated rings. The van der Waals surface area contributed by atoms with Gasteiger partial charge in [-0.2, -0.15) is 5.26 Å². The Morgan fingerprint density at radius 1 is 1.05 bits per heavy atom. The average molecular weight is 579 g/mol. The smallest absolute Gasteiger partial charge is 0.226 e. The number of Topliss-reactive ketones (excluding diaryl/α,β-unsaturated/α-hetero) is 1. The quantitative estimate of drug-likeness (QED) is 0.420. The SMILES string of the molecule is CCC(O)CNC(=O)C1(C)CCC2(C)CCC3(C)C4(C)CCC5C(C)(C)C(=O)C(C#N)=CC5(C)C4=CC(=O)C3(O)C2C1. The van der Waals surface area contributed by atoms with Gasteiger partial charge in [-0.25, -0.2) is 0 Å². The van der Waals surface area contributed by atoms with E-state index in [-0.39, 0.29) is 40.9 Å². The number of carbonyl (C=O) groups excluding carboxylic acids is 3. The van der Waals surface area contributed by atoms with Crippen molar-refractivity contribution in [2.45, 2.75) is 118 Å². The van der Waals surface area contributed by atoms with Crippen molar-refractivity contribution in [1.82, 2.24) is 5.32 Å². The third kappa shape index (κ3) is 3.73. The Morgan fingerprint density at radius 3 is 2.31 bits per heavy atom. The van der Waals surface area contributed by atoms with Crippen molar-refractivity contribution in [1.29, 1.82) is 5.26 Å². The summed E-state index contributed by atoms with van der Waals surface area (Å²) in [6, 6.07) is 2.14. The largest absolute Gasteiger partial charge is 0.391 e. The van der Waals surface area contributed by atoms with Gasteiger partial charge in [0, 0.05) is 34.1 Å². The highest BCUT2D eigenvalue weighted by atomic mass is 16.3. The maximum atomic E-state index is 14.6. The first-order valence-electron chi connectivity index (χ1n) is 15.9. The van der Waals surface area contributed by atoms with Crippen LogP contribution < -0.4 is 5.32 Å². The van der Waals surface area contributed by atoms with Crippen LogP contribution >= 0.6 is 0 Å². The lowest BCUT2D eigenvalue weighted by atomic mass is 9.33. The fourth-order valence-corrected chi connectivity index (χ4v) is 10.5. The standard InChI is InChI=1S/C35H50N2O5/c1-9-22(38)20-37-28(41)31(5)13-12-30(4)14-15-34(8)33(7)11-10-23-29(2,3)27(40)21(19-36)17-32(23,6)24(33)16-26(39)35(34,42)25(30)18-31/h16-17,22-23,25,38,42H,9-15,18,20H2,1-8H3,(H,37,41). The maximum absolute atomic E-state index is 14.6. The molecule has 0 aromatic heterocycles. The molecule has 5 aliphatic carbocycles. The summed E-state index contributed by atoms with van der Waals surface area (Å²) in [4.78, 5) is 41.4. The van der Waals surface area contributed by atoms with Crippen molar-refractivity contribution in [2.24, 2.45) is 44.3 Å². The summed E-state index contributed by atoms with van der Waals surface area (Å²) >= 11 is 0. The zero-order valence-electron chi connectivity index (χ0n) is 26.8. The minimum absolute atomic E-state index is 0.0643. The number of nitrogens with zero attached hydrogens (tertiary/aromatic N) is 1. The average Bonchev–Trinajstić information content (AvgIpc) is 2.93. The van der Waals surface area contributed by atoms with Gasteiger partial charge < -0.3 is 15.5 Å². The predicted octanol–water partition coefficient (Wildman–Crippen LogP) is 5.21. The topological polar surface area (TPSA) is 127 Å². The summed E-state index contributed by atoms with van der Waals surface area (Å²) in [6.07, 6.45) is 8.25. The number of rotatable bonds is 4. The molecule has 0 heterocycles. The highest BCUT2D eigenvalue weighted by molar-refractivity contribution is 6.05. The number of hydrogen-bond acceptors (Lipinski definition) is 6. The van der Waals surface area contributed by atoms with E-state index in [1.165, 1.54) is 0 Å². The number of carbonyl (C=O) groups is 3. The normalized spacial score (nSPS) is 46.5. The second kappa shape index (κ2) is 9.35. The number of ketones is 2. The summed E-state index contributed by atoms with van der Waals surface area (Å²) in [5, 5.41) is 35.9. The van der Waals surface area contributed by atoms with Gasteiger partial charge in [-0.15, -0.1) is 0 Å². The first-order valence-corrected chi connectivity index (χ1v) is 15.9. The van der Waals surface area contributed by atoms with Gasteiger partial charge in [-0.1, -0.05) is 61.5 Å². The number of fused-ring (bicyclic) bond motifs is 7. The van der Waals surface area contributed by atoms with Crippen LogP contribution in [0.5, 0.6) is 0 Å². The molecule has 0 aromatic carbocycles. The second-order valence-electron chi connectivity index (χ2n) is 16.2. The Kier molecular flexibility index (Phi) is 6.93. The molecule has 230 valence electrons. The molecule has 5 aliphatic rings. The van der Waals surface area contributed by atoms with E-state index in [1.54, 1.807) is 6.08 Å². The molecule has 5 rings (SSSR count). The van der Waals surface area contributed by atoms with Crippen LogP contribution in [0.1, 0.15) is 107 Å². The lowest BCUT2D eigenvalue weighted by Crippen LogP contribution is -2.74. The Morgan fingerprint density at radius 2 is 1.69 bits per heavy atom. The molecule has 7 nitrogen and oxygen atoms in total. The lowest BCUT2D eigenvalue weighted by molar-refractivity contribution is -0.242. The summed E-state index contributed by atoms with van der Waals surface area (Å²) in [5.74, 6) is -1.05. The third-order valence-corrected chi connectivity index (χ3v) is 13.8. The fraction of sp³-hybridized carbons (Fsp3) is 0.771. The van der Waals surface area contributed by atoms with Gasteiger partial charge >= 0.3 is 0 Å². The summed E-state index contributed by atoms with van der Waals surface area (Å²) in [5.41, 5.74) is -4.38. The molecule has 3 saturated carbocycles. The highest BCUT2D eigenvalue weighted by Gasteiger charge is 2.75. The molecular formula is C35H50N2O5. The van der Waals surface area contributed by atoms with Crippen molar-refractivity contribution in [2.75, 3.05) is 6.54 Å². The first-order chi connectivity index (χ1) is 19.3. The molecular weight excluding hydrogens is 528 g/mol. The van der Waals surface area contributed by atoms with E-state index in [1.807, 2.05) is 33.8 Å². The Bertz CT molecular complexity index is 1340. The van der Waals surface area contributed by atoms with Crippen LogP contribution in [0.15, 0.2) is 23.3 Å². The fourth-order valence-electron chi connectivity index (χ4n) is 10.5. The zero-order valence-corrected chi connectivity index (χ0v) is 26.8. The number of aliphatic hydroxyl groups is 2. The van der Waals surface area contributed by atoms with Crippen LogP contribution in [0.3, 0.4) is 0 Å². The third-order valence-electron chi connectivity index (χ3n) is 13.8. The molecule has 0 bridgehead atoms. The van der Waals surface area contributed by atoms with Crippen molar-refractivity contribution in [3.05, 3.63) is 23.3 Å². The van der Waals surface area contributed by atoms with Gasteiger partial charge in [0.1, 0.15) is 11.7 Å². The Balaban J connectivity index is 1.62. The zero-order chi connectivity index (χ0) is 31.3. The van der Waals surface area contributed by atoms with Crippen LogP contribution in [-0.4, -0.2) is 45.9 Å². The van der Waals surface area contributed by atoms with E-state index in [4.69, 9.17) is 0 Å². The molecule has 7 heteroatoms. The van der Waals surface area contributed by atoms with Gasteiger partial charge in [-0.05, 0) is 79.8 Å². The molecule has 0 spiro atoms. The molecule has 0 saturated heterocycles. The first kappa shape index (κ1) is 31.1. The summed E-state index contributed by atoms with van der Waals surface area (Å²) in [7, 11) is 0. The van der Waals surface area contributed by atoms with Crippen LogP contribution in [0, 0.1) is 55.7 Å². The Labute approximate surface area is 251 Å². The van der Waals surface area contributed by atoms with Crippen molar-refractivity contribution in [3.8, 4) is 6.07 Å². The van der Waals surface area contributed by atoms with Crippen LogP contribution in [0.2, 0.25) is 0 Å².